The smallest absolute Gasteiger partial charge is 0.226 e. The summed E-state index contributed by atoms with van der Waals surface area (Å²) < 4.78 is 18.8. The molecule has 170 valence electrons. The molecule has 0 aliphatic carbocycles. The molecular formula is C26H22N4O3S. The highest BCUT2D eigenvalue weighted by molar-refractivity contribution is 7.98. The van der Waals surface area contributed by atoms with Gasteiger partial charge in [-0.25, -0.2) is 4.98 Å². The van der Waals surface area contributed by atoms with Gasteiger partial charge in [-0.05, 0) is 48.5 Å². The summed E-state index contributed by atoms with van der Waals surface area (Å²) in [6.45, 7) is 0.275. The molecule has 7 nitrogen and oxygen atoms in total. The van der Waals surface area contributed by atoms with Crippen molar-refractivity contribution in [1.82, 2.24) is 19.7 Å². The minimum atomic E-state index is 0.275. The van der Waals surface area contributed by atoms with Crippen LogP contribution < -0.4 is 9.47 Å². The molecule has 5 rings (SSSR count). The average molecular weight is 471 g/mol. The van der Waals surface area contributed by atoms with Crippen molar-refractivity contribution >= 4 is 11.8 Å². The predicted octanol–water partition coefficient (Wildman–Crippen LogP) is 5.80. The van der Waals surface area contributed by atoms with Gasteiger partial charge in [0.2, 0.25) is 5.89 Å². The predicted molar refractivity (Wildman–Crippen MR) is 130 cm³/mol. The number of aromatic nitrogens is 4. The zero-order valence-corrected chi connectivity index (χ0v) is 19.3. The minimum absolute atomic E-state index is 0.275. The minimum Gasteiger partial charge on any atom is -0.497 e. The summed E-state index contributed by atoms with van der Waals surface area (Å²) in [5.41, 5.74) is 2.75. The lowest BCUT2D eigenvalue weighted by Crippen LogP contribution is -2.06. The number of hydrogen-bond donors (Lipinski definition) is 0. The fourth-order valence-electron chi connectivity index (χ4n) is 3.37. The number of nitrogens with zero attached hydrogens (tertiary/aromatic N) is 4. The van der Waals surface area contributed by atoms with Crippen LogP contribution in [0.3, 0.4) is 0 Å². The van der Waals surface area contributed by atoms with E-state index in [9.17, 15) is 0 Å². The van der Waals surface area contributed by atoms with E-state index < -0.39 is 0 Å². The number of methoxy groups -OCH3 is 1. The fourth-order valence-corrected chi connectivity index (χ4v) is 4.22. The highest BCUT2D eigenvalue weighted by atomic mass is 32.2. The lowest BCUT2D eigenvalue weighted by Gasteiger charge is -2.11. The first-order valence-electron chi connectivity index (χ1n) is 10.7. The Balaban J connectivity index is 1.34. The SMILES string of the molecule is COc1ccc(OCc2nnc(SCc3coc(-c4ccccc4)n3)n2-c2ccccc2)cc1. The van der Waals surface area contributed by atoms with Crippen molar-refractivity contribution in [2.75, 3.05) is 7.11 Å². The Hall–Kier alpha value is -4.04. The van der Waals surface area contributed by atoms with Crippen LogP contribution >= 0.6 is 11.8 Å². The molecule has 0 bridgehead atoms. The maximum absolute atomic E-state index is 5.97. The van der Waals surface area contributed by atoms with Crippen LogP contribution in [0.4, 0.5) is 0 Å². The lowest BCUT2D eigenvalue weighted by atomic mass is 10.2. The third-order valence-corrected chi connectivity index (χ3v) is 6.03. The third kappa shape index (κ3) is 4.97. The molecule has 0 aliphatic rings. The maximum atomic E-state index is 5.97. The second-order valence-electron chi connectivity index (χ2n) is 7.33. The Morgan fingerprint density at radius 3 is 2.29 bits per heavy atom. The Bertz CT molecular complexity index is 1340. The monoisotopic (exact) mass is 470 g/mol. The molecule has 0 spiro atoms. The molecule has 0 aliphatic heterocycles. The van der Waals surface area contributed by atoms with E-state index in [1.165, 1.54) is 0 Å². The van der Waals surface area contributed by atoms with Crippen LogP contribution in [-0.2, 0) is 12.4 Å². The van der Waals surface area contributed by atoms with Gasteiger partial charge in [-0.2, -0.15) is 0 Å². The van der Waals surface area contributed by atoms with E-state index in [4.69, 9.17) is 13.9 Å². The Morgan fingerprint density at radius 1 is 0.853 bits per heavy atom. The number of rotatable bonds is 9. The molecule has 0 saturated heterocycles. The summed E-state index contributed by atoms with van der Waals surface area (Å²) in [7, 11) is 1.64. The first-order chi connectivity index (χ1) is 16.8. The number of ether oxygens (including phenoxy) is 2. The zero-order chi connectivity index (χ0) is 23.2. The highest BCUT2D eigenvalue weighted by Gasteiger charge is 2.16. The Morgan fingerprint density at radius 2 is 1.56 bits per heavy atom. The normalized spacial score (nSPS) is 10.9. The topological polar surface area (TPSA) is 75.2 Å². The van der Waals surface area contributed by atoms with Gasteiger partial charge in [-0.3, -0.25) is 4.57 Å². The van der Waals surface area contributed by atoms with Gasteiger partial charge in [0.25, 0.3) is 0 Å². The zero-order valence-electron chi connectivity index (χ0n) is 18.5. The molecule has 5 aromatic rings. The van der Waals surface area contributed by atoms with Crippen molar-refractivity contribution < 1.29 is 13.9 Å². The van der Waals surface area contributed by atoms with Gasteiger partial charge in [0.05, 0.1) is 12.8 Å². The summed E-state index contributed by atoms with van der Waals surface area (Å²) in [4.78, 5) is 4.62. The van der Waals surface area contributed by atoms with Gasteiger partial charge >= 0.3 is 0 Å². The second-order valence-corrected chi connectivity index (χ2v) is 8.28. The molecule has 3 aromatic carbocycles. The van der Waals surface area contributed by atoms with Gasteiger partial charge in [0, 0.05) is 17.0 Å². The van der Waals surface area contributed by atoms with Crippen LogP contribution in [0.15, 0.2) is 101 Å². The van der Waals surface area contributed by atoms with Gasteiger partial charge in [0.1, 0.15) is 24.4 Å². The van der Waals surface area contributed by atoms with Crippen molar-refractivity contribution in [3.05, 3.63) is 103 Å². The Labute approximate surface area is 201 Å². The van der Waals surface area contributed by atoms with Crippen LogP contribution in [0.1, 0.15) is 11.5 Å². The van der Waals surface area contributed by atoms with Gasteiger partial charge in [0.15, 0.2) is 11.0 Å². The maximum Gasteiger partial charge on any atom is 0.226 e. The van der Waals surface area contributed by atoms with Crippen molar-refractivity contribution in [2.45, 2.75) is 17.5 Å². The summed E-state index contributed by atoms with van der Waals surface area (Å²) in [6, 6.07) is 27.3. The van der Waals surface area contributed by atoms with Gasteiger partial charge in [-0.1, -0.05) is 48.2 Å². The number of para-hydroxylation sites is 1. The van der Waals surface area contributed by atoms with Crippen molar-refractivity contribution in [1.29, 1.82) is 0 Å². The van der Waals surface area contributed by atoms with E-state index in [1.807, 2.05) is 89.5 Å². The van der Waals surface area contributed by atoms with Crippen molar-refractivity contribution in [2.24, 2.45) is 0 Å². The van der Waals surface area contributed by atoms with E-state index in [0.717, 1.165) is 33.6 Å². The lowest BCUT2D eigenvalue weighted by molar-refractivity contribution is 0.292. The summed E-state index contributed by atoms with van der Waals surface area (Å²) in [6.07, 6.45) is 1.69. The summed E-state index contributed by atoms with van der Waals surface area (Å²) >= 11 is 1.55. The number of thioether (sulfide) groups is 1. The molecule has 0 amide bonds. The molecule has 2 heterocycles. The summed E-state index contributed by atoms with van der Waals surface area (Å²) in [5, 5.41) is 9.59. The molecule has 0 radical (unpaired) electrons. The highest BCUT2D eigenvalue weighted by Crippen LogP contribution is 2.27. The number of oxazole rings is 1. The molecule has 0 N–H and O–H groups in total. The molecule has 34 heavy (non-hydrogen) atoms. The van der Waals surface area contributed by atoms with Crippen LogP contribution in [0.25, 0.3) is 17.1 Å². The molecule has 0 atom stereocenters. The molecule has 0 fully saturated rings. The third-order valence-electron chi connectivity index (χ3n) is 5.06. The largest absolute Gasteiger partial charge is 0.497 e. The summed E-state index contributed by atoms with van der Waals surface area (Å²) in [5.74, 6) is 3.42. The molecule has 0 unspecified atom stereocenters. The standard InChI is InChI=1S/C26H22N4O3S/c1-31-22-12-14-23(15-13-22)32-17-24-28-29-26(30(24)21-10-6-3-7-11-21)34-18-20-16-33-25(27-20)19-8-4-2-5-9-19/h2-16H,17-18H2,1H3. The first kappa shape index (κ1) is 21.8. The molecule has 2 aromatic heterocycles. The first-order valence-corrected chi connectivity index (χ1v) is 11.7. The van der Waals surface area contributed by atoms with E-state index in [0.29, 0.717) is 17.5 Å². The average Bonchev–Trinajstić information content (AvgIpc) is 3.55. The van der Waals surface area contributed by atoms with Gasteiger partial charge in [-0.15, -0.1) is 10.2 Å². The van der Waals surface area contributed by atoms with Gasteiger partial charge < -0.3 is 13.9 Å². The van der Waals surface area contributed by atoms with E-state index in [-0.39, 0.29) is 6.61 Å². The van der Waals surface area contributed by atoms with Crippen LogP contribution in [-0.4, -0.2) is 26.9 Å². The van der Waals surface area contributed by atoms with E-state index >= 15 is 0 Å². The van der Waals surface area contributed by atoms with Crippen LogP contribution in [0.5, 0.6) is 11.5 Å². The Kier molecular flexibility index (Phi) is 6.58. The number of hydrogen-bond acceptors (Lipinski definition) is 7. The van der Waals surface area contributed by atoms with E-state index in [1.54, 1.807) is 25.1 Å². The van der Waals surface area contributed by atoms with E-state index in [2.05, 4.69) is 15.2 Å². The molecule has 8 heteroatoms. The fraction of sp³-hybridized carbons (Fsp3) is 0.115. The second kappa shape index (κ2) is 10.3. The molecule has 0 saturated carbocycles. The molecular weight excluding hydrogens is 448 g/mol. The van der Waals surface area contributed by atoms with Crippen molar-refractivity contribution in [3.8, 4) is 28.6 Å². The quantitative estimate of drug-likeness (QED) is 0.252. The number of benzene rings is 3. The van der Waals surface area contributed by atoms with Crippen molar-refractivity contribution in [3.63, 3.8) is 0 Å². The van der Waals surface area contributed by atoms with Crippen LogP contribution in [0.2, 0.25) is 0 Å². The van der Waals surface area contributed by atoms with Crippen LogP contribution in [0, 0.1) is 0 Å².